The summed E-state index contributed by atoms with van der Waals surface area (Å²) < 4.78 is 5.16. The lowest BCUT2D eigenvalue weighted by Crippen LogP contribution is -2.44. The molecule has 22 heavy (non-hydrogen) atoms. The number of nitrogens with zero attached hydrogens (tertiary/aromatic N) is 2. The van der Waals surface area contributed by atoms with Crippen molar-refractivity contribution in [3.05, 3.63) is 0 Å². The zero-order valence-corrected chi connectivity index (χ0v) is 14.0. The van der Waals surface area contributed by atoms with Gasteiger partial charge in [0, 0.05) is 26.1 Å². The Kier molecular flexibility index (Phi) is 6.34. The number of nitrogens with one attached hydrogen (secondary N) is 1. The van der Waals surface area contributed by atoms with Crippen LogP contribution in [-0.4, -0.2) is 53.6 Å². The van der Waals surface area contributed by atoms with Gasteiger partial charge < -0.3 is 15.2 Å². The zero-order chi connectivity index (χ0) is 16.9. The molecule has 0 radical (unpaired) electrons. The van der Waals surface area contributed by atoms with Gasteiger partial charge in [-0.3, -0.25) is 4.79 Å². The number of hydrogen-bond acceptors (Lipinski definition) is 4. The van der Waals surface area contributed by atoms with Crippen LogP contribution in [0.2, 0.25) is 0 Å². The Morgan fingerprint density at radius 1 is 1.50 bits per heavy atom. The van der Waals surface area contributed by atoms with Crippen LogP contribution in [0, 0.1) is 5.41 Å². The average molecular weight is 313 g/mol. The molecule has 126 valence electrons. The number of carbonyl (C=O) groups excluding carboxylic acids is 1. The Balaban J connectivity index is 2.67. The van der Waals surface area contributed by atoms with E-state index >= 15 is 0 Å². The number of carboxylic acid groups (broad SMARTS) is 1. The topological polar surface area (TPSA) is 91.2 Å². The SMILES string of the molecule is COC(C)CCN1N=C(CC(NC(=O)O)C(C)(C)C)CC1=O. The Morgan fingerprint density at radius 3 is 2.64 bits per heavy atom. The molecule has 0 saturated heterocycles. The number of rotatable bonds is 7. The summed E-state index contributed by atoms with van der Waals surface area (Å²) in [6.07, 6.45) is 0.432. The quantitative estimate of drug-likeness (QED) is 0.752. The van der Waals surface area contributed by atoms with E-state index in [-0.39, 0.29) is 29.9 Å². The molecule has 2 N–H and O–H groups in total. The van der Waals surface area contributed by atoms with Crippen molar-refractivity contribution >= 4 is 17.7 Å². The van der Waals surface area contributed by atoms with Gasteiger partial charge in [0.25, 0.3) is 0 Å². The molecule has 2 amide bonds. The molecule has 0 bridgehead atoms. The number of hydrogen-bond donors (Lipinski definition) is 2. The van der Waals surface area contributed by atoms with Crippen LogP contribution >= 0.6 is 0 Å². The highest BCUT2D eigenvalue weighted by molar-refractivity contribution is 6.05. The van der Waals surface area contributed by atoms with E-state index in [4.69, 9.17) is 9.84 Å². The molecule has 0 aromatic rings. The fourth-order valence-corrected chi connectivity index (χ4v) is 2.20. The molecule has 0 fully saturated rings. The Morgan fingerprint density at radius 2 is 2.14 bits per heavy atom. The van der Waals surface area contributed by atoms with Gasteiger partial charge in [-0.1, -0.05) is 20.8 Å². The van der Waals surface area contributed by atoms with E-state index in [1.165, 1.54) is 5.01 Å². The third kappa shape index (κ3) is 5.63. The summed E-state index contributed by atoms with van der Waals surface area (Å²) in [7, 11) is 1.64. The molecule has 7 heteroatoms. The van der Waals surface area contributed by atoms with Gasteiger partial charge in [-0.25, -0.2) is 9.80 Å². The van der Waals surface area contributed by atoms with Crippen LogP contribution in [-0.2, 0) is 9.53 Å². The summed E-state index contributed by atoms with van der Waals surface area (Å²) in [5, 5.41) is 17.3. The van der Waals surface area contributed by atoms with Crippen molar-refractivity contribution < 1.29 is 19.4 Å². The van der Waals surface area contributed by atoms with Gasteiger partial charge >= 0.3 is 6.09 Å². The maximum atomic E-state index is 12.0. The highest BCUT2D eigenvalue weighted by Gasteiger charge is 2.31. The molecule has 0 spiro atoms. The highest BCUT2D eigenvalue weighted by Crippen LogP contribution is 2.24. The van der Waals surface area contributed by atoms with Crippen molar-refractivity contribution in [3.63, 3.8) is 0 Å². The lowest BCUT2D eigenvalue weighted by atomic mass is 9.83. The fourth-order valence-electron chi connectivity index (χ4n) is 2.20. The second-order valence-corrected chi connectivity index (χ2v) is 6.77. The molecule has 1 aliphatic rings. The van der Waals surface area contributed by atoms with Gasteiger partial charge in [0.15, 0.2) is 0 Å². The summed E-state index contributed by atoms with van der Waals surface area (Å²) >= 11 is 0. The Hall–Kier alpha value is -1.63. The van der Waals surface area contributed by atoms with Crippen molar-refractivity contribution in [1.82, 2.24) is 10.3 Å². The molecule has 1 aliphatic heterocycles. The van der Waals surface area contributed by atoms with E-state index in [0.29, 0.717) is 13.0 Å². The number of hydrazone groups is 1. The summed E-state index contributed by atoms with van der Waals surface area (Å²) in [6, 6.07) is -0.283. The van der Waals surface area contributed by atoms with Crippen molar-refractivity contribution in [2.24, 2.45) is 10.5 Å². The second-order valence-electron chi connectivity index (χ2n) is 6.77. The number of carbonyl (C=O) groups is 2. The lowest BCUT2D eigenvalue weighted by Gasteiger charge is -2.30. The van der Waals surface area contributed by atoms with E-state index in [1.54, 1.807) is 7.11 Å². The molecule has 0 aromatic heterocycles. The van der Waals surface area contributed by atoms with Gasteiger partial charge in [0.1, 0.15) is 0 Å². The van der Waals surface area contributed by atoms with E-state index in [9.17, 15) is 9.59 Å². The summed E-state index contributed by atoms with van der Waals surface area (Å²) in [4.78, 5) is 22.9. The first kappa shape index (κ1) is 18.4. The number of amides is 2. The van der Waals surface area contributed by atoms with E-state index in [1.807, 2.05) is 27.7 Å². The first-order valence-electron chi connectivity index (χ1n) is 7.52. The Bertz CT molecular complexity index is 443. The highest BCUT2D eigenvalue weighted by atomic mass is 16.5. The average Bonchev–Trinajstić information content (AvgIpc) is 2.74. The molecular weight excluding hydrogens is 286 g/mol. The predicted octanol–water partition coefficient (Wildman–Crippen LogP) is 2.07. The predicted molar refractivity (Wildman–Crippen MR) is 83.9 cm³/mol. The first-order chi connectivity index (χ1) is 10.1. The molecule has 0 saturated carbocycles. The third-order valence-corrected chi connectivity index (χ3v) is 3.84. The summed E-state index contributed by atoms with van der Waals surface area (Å²) in [5.41, 5.74) is 0.478. The molecule has 2 atom stereocenters. The smallest absolute Gasteiger partial charge is 0.404 e. The van der Waals surface area contributed by atoms with Gasteiger partial charge in [-0.15, -0.1) is 0 Å². The van der Waals surface area contributed by atoms with Crippen LogP contribution in [0.15, 0.2) is 5.10 Å². The van der Waals surface area contributed by atoms with Crippen molar-refractivity contribution in [2.75, 3.05) is 13.7 Å². The zero-order valence-electron chi connectivity index (χ0n) is 14.0. The molecular formula is C15H27N3O4. The molecule has 0 aliphatic carbocycles. The van der Waals surface area contributed by atoms with E-state index < -0.39 is 6.09 Å². The minimum absolute atomic E-state index is 0.0405. The lowest BCUT2D eigenvalue weighted by molar-refractivity contribution is -0.128. The van der Waals surface area contributed by atoms with Crippen LogP contribution < -0.4 is 5.32 Å². The monoisotopic (exact) mass is 313 g/mol. The minimum atomic E-state index is -1.06. The molecule has 1 rings (SSSR count). The third-order valence-electron chi connectivity index (χ3n) is 3.84. The summed E-state index contributed by atoms with van der Waals surface area (Å²) in [5.74, 6) is -0.0405. The van der Waals surface area contributed by atoms with Crippen molar-refractivity contribution in [2.45, 2.75) is 59.1 Å². The number of methoxy groups -OCH3 is 1. The van der Waals surface area contributed by atoms with E-state index in [2.05, 4.69) is 10.4 Å². The standard InChI is InChI=1S/C15H27N3O4/c1-10(22-5)6-7-18-13(19)9-11(17-18)8-12(15(2,3)4)16-14(20)21/h10,12,16H,6-9H2,1-5H3,(H,20,21). The second kappa shape index (κ2) is 7.58. The Labute approximate surface area is 131 Å². The normalized spacial score (nSPS) is 18.1. The number of ether oxygens (including phenoxy) is 1. The van der Waals surface area contributed by atoms with Crippen LogP contribution in [0.3, 0.4) is 0 Å². The molecule has 7 nitrogen and oxygen atoms in total. The summed E-state index contributed by atoms with van der Waals surface area (Å²) in [6.45, 7) is 8.34. The van der Waals surface area contributed by atoms with Crippen molar-refractivity contribution in [3.8, 4) is 0 Å². The molecule has 2 unspecified atom stereocenters. The van der Waals surface area contributed by atoms with Gasteiger partial charge in [-0.05, 0) is 18.8 Å². The molecule has 0 aromatic carbocycles. The maximum absolute atomic E-state index is 12.0. The van der Waals surface area contributed by atoms with Crippen LogP contribution in [0.4, 0.5) is 4.79 Å². The minimum Gasteiger partial charge on any atom is -0.465 e. The van der Waals surface area contributed by atoms with Gasteiger partial charge in [-0.2, -0.15) is 5.10 Å². The van der Waals surface area contributed by atoms with Crippen molar-refractivity contribution in [1.29, 1.82) is 0 Å². The van der Waals surface area contributed by atoms with Gasteiger partial charge in [0.2, 0.25) is 5.91 Å². The first-order valence-corrected chi connectivity index (χ1v) is 7.52. The van der Waals surface area contributed by atoms with Gasteiger partial charge in [0.05, 0.1) is 18.2 Å². The largest absolute Gasteiger partial charge is 0.465 e. The van der Waals surface area contributed by atoms with Crippen LogP contribution in [0.25, 0.3) is 0 Å². The van der Waals surface area contributed by atoms with Crippen LogP contribution in [0.1, 0.15) is 47.0 Å². The van der Waals surface area contributed by atoms with E-state index in [0.717, 1.165) is 12.1 Å². The molecule has 1 heterocycles. The maximum Gasteiger partial charge on any atom is 0.404 e. The van der Waals surface area contributed by atoms with Crippen LogP contribution in [0.5, 0.6) is 0 Å². The fraction of sp³-hybridized carbons (Fsp3) is 0.800.